The minimum absolute atomic E-state index is 0.0220. The van der Waals surface area contributed by atoms with E-state index in [1.807, 2.05) is 64.1 Å². The quantitative estimate of drug-likeness (QED) is 0.0482. The molecule has 13 atom stereocenters. The molecule has 4 amide bonds. The van der Waals surface area contributed by atoms with Crippen LogP contribution < -0.4 is 21.3 Å². The molecule has 0 radical (unpaired) electrons. The van der Waals surface area contributed by atoms with E-state index in [-0.39, 0.29) is 95.4 Å². The van der Waals surface area contributed by atoms with Crippen molar-refractivity contribution in [3.8, 4) is 0 Å². The average Bonchev–Trinajstić information content (AvgIpc) is 3.17. The number of aliphatic carboxylic acids is 1. The van der Waals surface area contributed by atoms with Crippen molar-refractivity contribution in [3.63, 3.8) is 0 Å². The molecule has 0 aromatic heterocycles. The molecule has 2 fully saturated rings. The Labute approximate surface area is 495 Å². The second kappa shape index (κ2) is 31.8. The van der Waals surface area contributed by atoms with Gasteiger partial charge in [0.2, 0.25) is 23.6 Å². The summed E-state index contributed by atoms with van der Waals surface area (Å²) in [5.41, 5.74) is 1.81. The number of carbonyl (C=O) groups is 9. The molecule has 2 aromatic rings. The van der Waals surface area contributed by atoms with E-state index in [1.165, 1.54) is 13.2 Å². The lowest BCUT2D eigenvalue weighted by Gasteiger charge is -2.39. The molecule has 8 N–H and O–H groups in total. The number of ketones is 2. The highest BCUT2D eigenvalue weighted by molar-refractivity contribution is 6.31. The molecule has 0 bridgehead atoms. The molecule has 84 heavy (non-hydrogen) atoms. The number of cyclic esters (lactones) is 2. The highest BCUT2D eigenvalue weighted by Crippen LogP contribution is 2.45. The summed E-state index contributed by atoms with van der Waals surface area (Å²) in [5.74, 6) is -7.40. The number of benzene rings is 2. The van der Waals surface area contributed by atoms with Gasteiger partial charge in [-0.2, -0.15) is 0 Å². The number of amides is 4. The highest BCUT2D eigenvalue weighted by Gasteiger charge is 2.48. The van der Waals surface area contributed by atoms with Crippen LogP contribution in [0.2, 0.25) is 5.02 Å². The standard InChI is InChI=1S/C61H85ClN4O18/c1-32(2)26-45-58(78)81-44(12-10-13-48(70)65-41(28-37-17-16-34(5)40(62)27-37)57(77)64-31-61(7,8)60(79)83-45)35(6)55-56(84-55)38-21-18-36(19-22-38)20-24-42(67)39(29-43(68)51(33(3)4)66-49(71)14-11-15-50(72)73)23-25-47(69)63-30-46-52(74)53(75)54(76)59(80-9)82-46/h10,13,16-19,21-22,27,32-33,35,39,41,44-46,51-56,59,74-76H,11-12,14-15,20,23-26,28-31H2,1-9H3,(H,63,69)(H,64,77)(H,65,70)(H,66,71)(H,72,73)/b13-10+/t35-,39+,41+,44-,45-,46+,51-,52+,53-,54+,55+,56+,59+/m0/s1. The van der Waals surface area contributed by atoms with Crippen LogP contribution in [0.25, 0.3) is 0 Å². The Hall–Kier alpha value is -6.14. The molecule has 3 aliphatic rings. The third-order valence-electron chi connectivity index (χ3n) is 15.4. The number of esters is 2. The minimum atomic E-state index is -1.61. The number of rotatable bonds is 26. The molecule has 2 aromatic carbocycles. The summed E-state index contributed by atoms with van der Waals surface area (Å²) >= 11 is 6.40. The number of carbonyl (C=O) groups excluding carboxylic acids is 8. The molecule has 0 unspecified atom stereocenters. The largest absolute Gasteiger partial charge is 0.481 e. The molecular formula is C61H85ClN4O18. The van der Waals surface area contributed by atoms with Gasteiger partial charge in [0.15, 0.2) is 18.2 Å². The Bertz CT molecular complexity index is 2660. The lowest BCUT2D eigenvalue weighted by Crippen LogP contribution is -2.60. The van der Waals surface area contributed by atoms with Gasteiger partial charge in [0.25, 0.3) is 0 Å². The van der Waals surface area contributed by atoms with Gasteiger partial charge in [-0.3, -0.25) is 38.4 Å². The highest BCUT2D eigenvalue weighted by atomic mass is 35.5. The molecule has 0 saturated carbocycles. The van der Waals surface area contributed by atoms with Crippen LogP contribution in [0, 0.1) is 36.0 Å². The third kappa shape index (κ3) is 20.5. The maximum Gasteiger partial charge on any atom is 0.347 e. The monoisotopic (exact) mass is 1200 g/mol. The number of halogens is 1. The normalized spacial score (nSPS) is 26.4. The fourth-order valence-corrected chi connectivity index (χ4v) is 10.2. The van der Waals surface area contributed by atoms with Gasteiger partial charge >= 0.3 is 17.9 Å². The second-order valence-corrected chi connectivity index (χ2v) is 24.1. The Kier molecular flexibility index (Phi) is 26.0. The lowest BCUT2D eigenvalue weighted by molar-refractivity contribution is -0.288. The lowest BCUT2D eigenvalue weighted by atomic mass is 9.85. The van der Waals surface area contributed by atoms with Crippen LogP contribution in [0.4, 0.5) is 0 Å². The van der Waals surface area contributed by atoms with Crippen molar-refractivity contribution in [3.05, 3.63) is 81.9 Å². The molecule has 2 saturated heterocycles. The number of aliphatic hydroxyl groups excluding tert-OH is 3. The van der Waals surface area contributed by atoms with Crippen molar-refractivity contribution < 1.29 is 87.3 Å². The number of Topliss-reactive ketones (excluding diaryl/α,β-unsaturated/α-hetero) is 2. The summed E-state index contributed by atoms with van der Waals surface area (Å²) in [6.45, 7) is 13.6. The topological polar surface area (TPSA) is 332 Å². The number of hydrogen-bond donors (Lipinski definition) is 8. The fourth-order valence-electron chi connectivity index (χ4n) is 9.99. The summed E-state index contributed by atoms with van der Waals surface area (Å²) in [6.07, 6.45) is -7.65. The van der Waals surface area contributed by atoms with E-state index >= 15 is 0 Å². The Morgan fingerprint density at radius 2 is 1.54 bits per heavy atom. The maximum atomic E-state index is 14.1. The van der Waals surface area contributed by atoms with Crippen LogP contribution in [0.1, 0.15) is 135 Å². The second-order valence-electron chi connectivity index (χ2n) is 23.7. The van der Waals surface area contributed by atoms with Crippen LogP contribution in [-0.2, 0) is 79.7 Å². The SMILES string of the molecule is CO[C@@H]1O[C@H](CNC(=O)CC[C@H](CC(=O)[C@@H](NC(=O)CCCC(=O)O)C(C)C)C(=O)CCc2ccc([C@H]3O[C@@H]3[C@@H](C)[C@@H]3C/C=C/C(=O)N[C@H](Cc4ccc(C)c(Cl)c4)C(=O)NCC(C)(C)C(=O)O[C@@H](CC(C)C)C(=O)O3)cc2)[C@@H](O)[C@H](O)[C@H]1O. The number of hydrogen-bond acceptors (Lipinski definition) is 17. The molecule has 22 nitrogen and oxygen atoms in total. The van der Waals surface area contributed by atoms with Crippen molar-refractivity contribution in [1.29, 1.82) is 0 Å². The van der Waals surface area contributed by atoms with Gasteiger partial charge in [0.1, 0.15) is 48.4 Å². The summed E-state index contributed by atoms with van der Waals surface area (Å²) in [5, 5.41) is 51.3. The smallest absolute Gasteiger partial charge is 0.347 e. The number of epoxide rings is 1. The van der Waals surface area contributed by atoms with E-state index in [9.17, 15) is 58.5 Å². The molecule has 0 spiro atoms. The first-order valence-corrected chi connectivity index (χ1v) is 29.2. The predicted octanol–water partition coefficient (Wildman–Crippen LogP) is 4.25. The summed E-state index contributed by atoms with van der Waals surface area (Å²) in [4.78, 5) is 120. The number of carboxylic acids is 1. The average molecular weight is 1200 g/mol. The van der Waals surface area contributed by atoms with Crippen molar-refractivity contribution in [2.45, 2.75) is 193 Å². The summed E-state index contributed by atoms with van der Waals surface area (Å²) in [6, 6.07) is 10.7. The number of carboxylic acid groups (broad SMARTS) is 1. The van der Waals surface area contributed by atoms with Gasteiger partial charge in [-0.25, -0.2) is 4.79 Å². The third-order valence-corrected chi connectivity index (χ3v) is 15.8. The van der Waals surface area contributed by atoms with Crippen LogP contribution >= 0.6 is 11.6 Å². The summed E-state index contributed by atoms with van der Waals surface area (Å²) in [7, 11) is 1.24. The number of aryl methyl sites for hydroxylation is 2. The van der Waals surface area contributed by atoms with Crippen molar-refractivity contribution in [2.75, 3.05) is 20.2 Å². The maximum absolute atomic E-state index is 14.1. The van der Waals surface area contributed by atoms with Gasteiger partial charge in [0, 0.05) is 82.0 Å². The van der Waals surface area contributed by atoms with Gasteiger partial charge < -0.3 is 65.4 Å². The Balaban J connectivity index is 1.28. The molecule has 5 rings (SSSR count). The zero-order chi connectivity index (χ0) is 62.2. The van der Waals surface area contributed by atoms with Crippen LogP contribution in [0.15, 0.2) is 54.6 Å². The Morgan fingerprint density at radius 3 is 2.18 bits per heavy atom. The molecule has 464 valence electrons. The van der Waals surface area contributed by atoms with Crippen molar-refractivity contribution >= 4 is 64.7 Å². The number of methoxy groups -OCH3 is 1. The van der Waals surface area contributed by atoms with E-state index < -0.39 is 138 Å². The first-order valence-electron chi connectivity index (χ1n) is 28.8. The van der Waals surface area contributed by atoms with Gasteiger partial charge in [-0.1, -0.05) is 88.7 Å². The van der Waals surface area contributed by atoms with E-state index in [0.29, 0.717) is 10.6 Å². The van der Waals surface area contributed by atoms with E-state index in [0.717, 1.165) is 16.7 Å². The predicted molar refractivity (Wildman–Crippen MR) is 305 cm³/mol. The molecule has 0 aliphatic carbocycles. The van der Waals surface area contributed by atoms with Crippen LogP contribution in [0.5, 0.6) is 0 Å². The van der Waals surface area contributed by atoms with Gasteiger partial charge in [-0.05, 0) is 92.7 Å². The van der Waals surface area contributed by atoms with Crippen molar-refractivity contribution in [2.24, 2.45) is 29.1 Å². The first-order chi connectivity index (χ1) is 39.6. The van der Waals surface area contributed by atoms with Gasteiger partial charge in [-0.15, -0.1) is 0 Å². The minimum Gasteiger partial charge on any atom is -0.481 e. The van der Waals surface area contributed by atoms with Crippen molar-refractivity contribution in [1.82, 2.24) is 21.3 Å². The van der Waals surface area contributed by atoms with Gasteiger partial charge in [0.05, 0.1) is 17.6 Å². The van der Waals surface area contributed by atoms with E-state index in [4.69, 9.17) is 40.4 Å². The molecule has 23 heteroatoms. The number of ether oxygens (including phenoxy) is 5. The van der Waals surface area contributed by atoms with E-state index in [2.05, 4.69) is 21.3 Å². The number of nitrogens with one attached hydrogen (secondary N) is 4. The zero-order valence-electron chi connectivity index (χ0n) is 49.4. The summed E-state index contributed by atoms with van der Waals surface area (Å²) < 4.78 is 28.8. The van der Waals surface area contributed by atoms with Crippen LogP contribution in [-0.4, -0.2) is 155 Å². The molecular weight excluding hydrogens is 1110 g/mol. The number of aliphatic hydroxyl groups is 3. The molecule has 3 aliphatic heterocycles. The Morgan fingerprint density at radius 1 is 0.845 bits per heavy atom. The first kappa shape index (κ1) is 68.6. The molecule has 3 heterocycles. The van der Waals surface area contributed by atoms with E-state index in [1.54, 1.807) is 39.8 Å². The van der Waals surface area contributed by atoms with Crippen LogP contribution in [0.3, 0.4) is 0 Å². The zero-order valence-corrected chi connectivity index (χ0v) is 50.2. The fraction of sp³-hybridized carbons (Fsp3) is 0.623.